The van der Waals surface area contributed by atoms with E-state index in [4.69, 9.17) is 5.73 Å². The van der Waals surface area contributed by atoms with Gasteiger partial charge in [0, 0.05) is 32.2 Å². The van der Waals surface area contributed by atoms with Gasteiger partial charge in [-0.1, -0.05) is 0 Å². The maximum Gasteiger partial charge on any atom is 0.320 e. The van der Waals surface area contributed by atoms with Gasteiger partial charge < -0.3 is 15.5 Å². The van der Waals surface area contributed by atoms with E-state index in [1.165, 1.54) is 0 Å². The molecule has 0 aliphatic carbocycles. The highest BCUT2D eigenvalue weighted by molar-refractivity contribution is 5.76. The molecule has 0 unspecified atom stereocenters. The third-order valence-corrected chi connectivity index (χ3v) is 2.15. The monoisotopic (exact) mass is 171 g/mol. The predicted octanol–water partition coefficient (Wildman–Crippen LogP) is 0.0911. The van der Waals surface area contributed by atoms with E-state index in [9.17, 15) is 4.79 Å². The second-order valence-electron chi connectivity index (χ2n) is 3.35. The smallest absolute Gasteiger partial charge is 0.320 e. The first-order valence-corrected chi connectivity index (χ1v) is 4.42. The van der Waals surface area contributed by atoms with Crippen LogP contribution in [0.2, 0.25) is 0 Å². The Balaban J connectivity index is 2.49. The van der Waals surface area contributed by atoms with Crippen molar-refractivity contribution in [3.8, 4) is 0 Å². The molecule has 0 atom stereocenters. The Labute approximate surface area is 73.3 Å². The average molecular weight is 171 g/mol. The summed E-state index contributed by atoms with van der Waals surface area (Å²) in [6.45, 7) is 6.97. The van der Waals surface area contributed by atoms with Gasteiger partial charge >= 0.3 is 6.03 Å². The summed E-state index contributed by atoms with van der Waals surface area (Å²) in [5.41, 5.74) is 5.38. The molecule has 2 amide bonds. The minimum Gasteiger partial charge on any atom is -0.329 e. The van der Waals surface area contributed by atoms with Crippen LogP contribution in [0.1, 0.15) is 13.8 Å². The van der Waals surface area contributed by atoms with Crippen LogP contribution in [0.4, 0.5) is 4.79 Å². The number of nitrogens with zero attached hydrogens (tertiary/aromatic N) is 2. The molecule has 1 rings (SSSR count). The van der Waals surface area contributed by atoms with Crippen LogP contribution in [-0.4, -0.2) is 48.1 Å². The van der Waals surface area contributed by atoms with Crippen molar-refractivity contribution in [2.24, 2.45) is 5.73 Å². The normalized spacial score (nSPS) is 18.2. The number of hydrogen-bond acceptors (Lipinski definition) is 2. The van der Waals surface area contributed by atoms with Crippen molar-refractivity contribution in [2.45, 2.75) is 19.9 Å². The summed E-state index contributed by atoms with van der Waals surface area (Å²) in [5.74, 6) is 0. The number of carbonyl (C=O) groups excluding carboxylic acids is 1. The Morgan fingerprint density at radius 1 is 1.50 bits per heavy atom. The molecule has 1 heterocycles. The molecule has 0 radical (unpaired) electrons. The molecule has 1 fully saturated rings. The van der Waals surface area contributed by atoms with Crippen LogP contribution in [0.5, 0.6) is 0 Å². The molecule has 4 heteroatoms. The van der Waals surface area contributed by atoms with Gasteiger partial charge in [-0.15, -0.1) is 0 Å². The van der Waals surface area contributed by atoms with Crippen LogP contribution >= 0.6 is 0 Å². The molecule has 12 heavy (non-hydrogen) atoms. The molecule has 0 aromatic carbocycles. The van der Waals surface area contributed by atoms with Crippen LogP contribution in [0, 0.1) is 0 Å². The van der Waals surface area contributed by atoms with Gasteiger partial charge in [0.15, 0.2) is 0 Å². The average Bonchev–Trinajstić information content (AvgIpc) is 2.34. The van der Waals surface area contributed by atoms with Crippen LogP contribution in [0.15, 0.2) is 0 Å². The van der Waals surface area contributed by atoms with Crippen molar-refractivity contribution in [1.29, 1.82) is 0 Å². The standard InChI is InChI=1S/C8H17N3O/c1-7(2)11-6-5-10(4-3-9)8(11)12/h7H,3-6,9H2,1-2H3. The van der Waals surface area contributed by atoms with E-state index in [0.29, 0.717) is 19.1 Å². The molecular weight excluding hydrogens is 154 g/mol. The highest BCUT2D eigenvalue weighted by Gasteiger charge is 2.28. The lowest BCUT2D eigenvalue weighted by atomic mass is 10.3. The van der Waals surface area contributed by atoms with E-state index in [1.54, 1.807) is 4.90 Å². The van der Waals surface area contributed by atoms with Crippen LogP contribution in [0.25, 0.3) is 0 Å². The molecule has 0 saturated carbocycles. The first-order valence-electron chi connectivity index (χ1n) is 4.42. The maximum absolute atomic E-state index is 11.5. The second-order valence-corrected chi connectivity index (χ2v) is 3.35. The summed E-state index contributed by atoms with van der Waals surface area (Å²) in [5, 5.41) is 0. The second kappa shape index (κ2) is 3.76. The van der Waals surface area contributed by atoms with Gasteiger partial charge in [-0.05, 0) is 13.8 Å². The van der Waals surface area contributed by atoms with E-state index in [-0.39, 0.29) is 6.03 Å². The number of carbonyl (C=O) groups is 1. The first kappa shape index (κ1) is 9.32. The fourth-order valence-corrected chi connectivity index (χ4v) is 1.44. The van der Waals surface area contributed by atoms with Crippen LogP contribution in [-0.2, 0) is 0 Å². The van der Waals surface area contributed by atoms with Gasteiger partial charge in [-0.3, -0.25) is 0 Å². The predicted molar refractivity (Wildman–Crippen MR) is 47.9 cm³/mol. The minimum atomic E-state index is 0.135. The van der Waals surface area contributed by atoms with Gasteiger partial charge in [0.05, 0.1) is 0 Å². The summed E-state index contributed by atoms with van der Waals surface area (Å²) in [4.78, 5) is 15.2. The van der Waals surface area contributed by atoms with E-state index in [1.807, 2.05) is 18.7 Å². The fourth-order valence-electron chi connectivity index (χ4n) is 1.44. The summed E-state index contributed by atoms with van der Waals surface area (Å²) < 4.78 is 0. The molecule has 1 aliphatic heterocycles. The number of nitrogens with two attached hydrogens (primary N) is 1. The quantitative estimate of drug-likeness (QED) is 0.654. The summed E-state index contributed by atoms with van der Waals surface area (Å²) in [7, 11) is 0. The number of rotatable bonds is 3. The van der Waals surface area contributed by atoms with Gasteiger partial charge in [0.25, 0.3) is 0 Å². The molecule has 0 bridgehead atoms. The largest absolute Gasteiger partial charge is 0.329 e. The van der Waals surface area contributed by atoms with Gasteiger partial charge in [0.1, 0.15) is 0 Å². The van der Waals surface area contributed by atoms with E-state index in [0.717, 1.165) is 13.1 Å². The van der Waals surface area contributed by atoms with Crippen molar-refractivity contribution < 1.29 is 4.79 Å². The molecule has 0 aromatic heterocycles. The Morgan fingerprint density at radius 3 is 2.58 bits per heavy atom. The van der Waals surface area contributed by atoms with Gasteiger partial charge in [-0.25, -0.2) is 4.79 Å². The molecule has 4 nitrogen and oxygen atoms in total. The SMILES string of the molecule is CC(C)N1CCN(CCN)C1=O. The Bertz CT molecular complexity index is 170. The zero-order chi connectivity index (χ0) is 9.14. The van der Waals surface area contributed by atoms with Crippen molar-refractivity contribution >= 4 is 6.03 Å². The Kier molecular flexibility index (Phi) is 2.92. The molecule has 0 aromatic rings. The molecular formula is C8H17N3O. The van der Waals surface area contributed by atoms with E-state index in [2.05, 4.69) is 0 Å². The third-order valence-electron chi connectivity index (χ3n) is 2.15. The fraction of sp³-hybridized carbons (Fsp3) is 0.875. The first-order chi connectivity index (χ1) is 5.66. The number of hydrogen-bond donors (Lipinski definition) is 1. The summed E-state index contributed by atoms with van der Waals surface area (Å²) in [6.07, 6.45) is 0. The summed E-state index contributed by atoms with van der Waals surface area (Å²) in [6, 6.07) is 0.440. The number of urea groups is 1. The highest BCUT2D eigenvalue weighted by Crippen LogP contribution is 2.10. The molecule has 70 valence electrons. The van der Waals surface area contributed by atoms with E-state index < -0.39 is 0 Å². The lowest BCUT2D eigenvalue weighted by molar-refractivity contribution is 0.184. The number of amides is 2. The van der Waals surface area contributed by atoms with Crippen LogP contribution in [0.3, 0.4) is 0 Å². The minimum absolute atomic E-state index is 0.135. The van der Waals surface area contributed by atoms with Crippen molar-refractivity contribution in [1.82, 2.24) is 9.80 Å². The Hall–Kier alpha value is -0.770. The van der Waals surface area contributed by atoms with Gasteiger partial charge in [0.2, 0.25) is 0 Å². The topological polar surface area (TPSA) is 49.6 Å². The third kappa shape index (κ3) is 1.69. The van der Waals surface area contributed by atoms with Crippen molar-refractivity contribution in [3.63, 3.8) is 0 Å². The zero-order valence-electron chi connectivity index (χ0n) is 7.79. The summed E-state index contributed by atoms with van der Waals surface area (Å²) >= 11 is 0. The van der Waals surface area contributed by atoms with Crippen LogP contribution < -0.4 is 5.73 Å². The lowest BCUT2D eigenvalue weighted by Gasteiger charge is -2.21. The van der Waals surface area contributed by atoms with E-state index >= 15 is 0 Å². The molecule has 1 saturated heterocycles. The van der Waals surface area contributed by atoms with Crippen molar-refractivity contribution in [3.05, 3.63) is 0 Å². The maximum atomic E-state index is 11.5. The van der Waals surface area contributed by atoms with Gasteiger partial charge in [-0.2, -0.15) is 0 Å². The zero-order valence-corrected chi connectivity index (χ0v) is 7.79. The molecule has 0 spiro atoms. The highest BCUT2D eigenvalue weighted by atomic mass is 16.2. The lowest BCUT2D eigenvalue weighted by Crippen LogP contribution is -2.38. The molecule has 1 aliphatic rings. The van der Waals surface area contributed by atoms with Crippen molar-refractivity contribution in [2.75, 3.05) is 26.2 Å². The molecule has 2 N–H and O–H groups in total. The Morgan fingerprint density at radius 2 is 2.17 bits per heavy atom.